The summed E-state index contributed by atoms with van der Waals surface area (Å²) < 4.78 is 72.8. The van der Waals surface area contributed by atoms with E-state index in [0.717, 1.165) is 37.4 Å². The molecule has 2 aromatic rings. The van der Waals surface area contributed by atoms with Crippen molar-refractivity contribution in [1.82, 2.24) is 0 Å². The van der Waals surface area contributed by atoms with Crippen molar-refractivity contribution in [1.29, 1.82) is 5.26 Å². The Bertz CT molecular complexity index is 886. The van der Waals surface area contributed by atoms with Crippen molar-refractivity contribution in [2.24, 2.45) is 0 Å². The second-order valence-electron chi connectivity index (χ2n) is 5.15. The van der Waals surface area contributed by atoms with Crippen molar-refractivity contribution in [2.45, 2.75) is 22.7 Å². The molecule has 1 aliphatic heterocycles. The molecule has 1 heterocycles. The number of alkyl halides is 4. The van der Waals surface area contributed by atoms with Crippen molar-refractivity contribution >= 4 is 11.8 Å². The molecular formula is C17H12F5NO3S. The average Bonchev–Trinajstić information content (AvgIpc) is 2.85. The quantitative estimate of drug-likeness (QED) is 0.720. The van der Waals surface area contributed by atoms with Gasteiger partial charge >= 0.3 is 5.25 Å². The number of rotatable bonds is 3. The van der Waals surface area contributed by atoms with E-state index in [1.807, 2.05) is 0 Å². The smallest absolute Gasteiger partial charge is 0.327 e. The lowest BCUT2D eigenvalue weighted by Gasteiger charge is -2.17. The standard InChI is InChI=1S/C16H8F5NO2S.CH4O/c17-8-3-7(6-22)4-9(5-8)24-10-1-2-11-13(12(10)15(18)19)14(23)16(20,21)25-11;1-2/h1-5,14-15,23H;2H,1H3/t14-;/m1./s1. The maximum atomic E-state index is 13.6. The van der Waals surface area contributed by atoms with E-state index in [4.69, 9.17) is 15.1 Å². The topological polar surface area (TPSA) is 73.5 Å². The maximum absolute atomic E-state index is 13.6. The number of fused-ring (bicyclic) bond motifs is 1. The first-order valence-corrected chi connectivity index (χ1v) is 8.07. The monoisotopic (exact) mass is 405 g/mol. The van der Waals surface area contributed by atoms with Crippen LogP contribution in [0.3, 0.4) is 0 Å². The van der Waals surface area contributed by atoms with Crippen molar-refractivity contribution in [3.63, 3.8) is 0 Å². The van der Waals surface area contributed by atoms with Crippen LogP contribution in [0, 0.1) is 17.1 Å². The summed E-state index contributed by atoms with van der Waals surface area (Å²) >= 11 is -0.0187. The van der Waals surface area contributed by atoms with Gasteiger partial charge < -0.3 is 14.9 Å². The molecule has 0 radical (unpaired) electrons. The molecule has 0 fully saturated rings. The molecule has 0 aliphatic carbocycles. The van der Waals surface area contributed by atoms with Gasteiger partial charge in [0.25, 0.3) is 6.43 Å². The third kappa shape index (κ3) is 4.16. The number of nitrogens with zero attached hydrogens (tertiary/aromatic N) is 1. The highest BCUT2D eigenvalue weighted by atomic mass is 32.2. The Hall–Kier alpha value is -2.35. The molecular weight excluding hydrogens is 393 g/mol. The third-order valence-electron chi connectivity index (χ3n) is 3.49. The molecule has 0 bridgehead atoms. The Morgan fingerprint density at radius 2 is 1.89 bits per heavy atom. The summed E-state index contributed by atoms with van der Waals surface area (Å²) in [4.78, 5) is -0.183. The lowest BCUT2D eigenvalue weighted by atomic mass is 10.0. The molecule has 144 valence electrons. The zero-order valence-corrected chi connectivity index (χ0v) is 14.4. The Kier molecular flexibility index (Phi) is 6.30. The van der Waals surface area contributed by atoms with Gasteiger partial charge in [-0.3, -0.25) is 0 Å². The predicted molar refractivity (Wildman–Crippen MR) is 86.5 cm³/mol. The van der Waals surface area contributed by atoms with E-state index in [0.29, 0.717) is 0 Å². The Balaban J connectivity index is 0.00000126. The lowest BCUT2D eigenvalue weighted by molar-refractivity contribution is -0.0327. The van der Waals surface area contributed by atoms with Crippen molar-refractivity contribution in [2.75, 3.05) is 7.11 Å². The Labute approximate surface area is 154 Å². The van der Waals surface area contributed by atoms with Gasteiger partial charge in [0.15, 0.2) is 6.10 Å². The molecule has 3 rings (SSSR count). The number of halogens is 5. The van der Waals surface area contributed by atoms with E-state index >= 15 is 0 Å². The summed E-state index contributed by atoms with van der Waals surface area (Å²) in [7, 11) is 1.00. The van der Waals surface area contributed by atoms with Gasteiger partial charge in [0.05, 0.1) is 17.2 Å². The number of hydrogen-bond donors (Lipinski definition) is 2. The fourth-order valence-electron chi connectivity index (χ4n) is 2.47. The Morgan fingerprint density at radius 1 is 1.22 bits per heavy atom. The number of aliphatic hydroxyl groups is 2. The van der Waals surface area contributed by atoms with E-state index in [1.54, 1.807) is 6.07 Å². The van der Waals surface area contributed by atoms with E-state index in [1.165, 1.54) is 0 Å². The number of hydrogen-bond acceptors (Lipinski definition) is 5. The fraction of sp³-hybridized carbons (Fsp3) is 0.235. The van der Waals surface area contributed by atoms with Crippen LogP contribution in [0.1, 0.15) is 29.2 Å². The van der Waals surface area contributed by atoms with Crippen molar-refractivity contribution in [3.05, 3.63) is 52.8 Å². The second-order valence-corrected chi connectivity index (χ2v) is 6.33. The molecule has 27 heavy (non-hydrogen) atoms. The van der Waals surface area contributed by atoms with Gasteiger partial charge in [-0.2, -0.15) is 14.0 Å². The highest BCUT2D eigenvalue weighted by Gasteiger charge is 2.50. The summed E-state index contributed by atoms with van der Waals surface area (Å²) in [6, 6.07) is 6.74. The van der Waals surface area contributed by atoms with Crippen molar-refractivity contribution in [3.8, 4) is 17.6 Å². The number of nitriles is 1. The zero-order valence-electron chi connectivity index (χ0n) is 13.6. The van der Waals surface area contributed by atoms with Gasteiger partial charge in [0, 0.05) is 23.6 Å². The van der Waals surface area contributed by atoms with E-state index in [2.05, 4.69) is 0 Å². The molecule has 1 aliphatic rings. The minimum atomic E-state index is -3.64. The van der Waals surface area contributed by atoms with Gasteiger partial charge in [0.1, 0.15) is 17.3 Å². The first-order chi connectivity index (χ1) is 12.7. The third-order valence-corrected chi connectivity index (χ3v) is 4.56. The molecule has 0 saturated heterocycles. The van der Waals surface area contributed by atoms with Crippen LogP contribution in [0.4, 0.5) is 22.0 Å². The minimum Gasteiger partial charge on any atom is -0.457 e. The predicted octanol–water partition coefficient (Wildman–Crippen LogP) is 4.77. The molecule has 4 nitrogen and oxygen atoms in total. The van der Waals surface area contributed by atoms with Gasteiger partial charge in [-0.05, 0) is 36.0 Å². The summed E-state index contributed by atoms with van der Waals surface area (Å²) in [5, 5.41) is 21.9. The normalized spacial score (nSPS) is 17.0. The molecule has 2 aromatic carbocycles. The van der Waals surface area contributed by atoms with Crippen LogP contribution in [0.15, 0.2) is 35.2 Å². The summed E-state index contributed by atoms with van der Waals surface area (Å²) in [5.74, 6) is -1.57. The van der Waals surface area contributed by atoms with Crippen LogP contribution in [-0.4, -0.2) is 22.6 Å². The highest BCUT2D eigenvalue weighted by molar-refractivity contribution is 8.00. The van der Waals surface area contributed by atoms with Crippen LogP contribution >= 0.6 is 11.8 Å². The van der Waals surface area contributed by atoms with E-state index < -0.39 is 40.5 Å². The van der Waals surface area contributed by atoms with Gasteiger partial charge in [-0.15, -0.1) is 0 Å². The SMILES string of the molecule is CO.N#Cc1cc(F)cc(Oc2ccc3c(c2C(F)F)[C@@H](O)C(F)(F)S3)c1. The van der Waals surface area contributed by atoms with Crippen LogP contribution in [0.2, 0.25) is 0 Å². The number of ether oxygens (including phenoxy) is 1. The molecule has 0 aromatic heterocycles. The number of benzene rings is 2. The van der Waals surface area contributed by atoms with Gasteiger partial charge in [-0.1, -0.05) is 0 Å². The molecule has 10 heteroatoms. The molecule has 1 atom stereocenters. The fourth-order valence-corrected chi connectivity index (χ4v) is 3.46. The largest absolute Gasteiger partial charge is 0.457 e. The highest BCUT2D eigenvalue weighted by Crippen LogP contribution is 2.57. The summed E-state index contributed by atoms with van der Waals surface area (Å²) in [6.45, 7) is 0. The van der Waals surface area contributed by atoms with Gasteiger partial charge in [-0.25, -0.2) is 13.2 Å². The van der Waals surface area contributed by atoms with E-state index in [-0.39, 0.29) is 28.0 Å². The summed E-state index contributed by atoms with van der Waals surface area (Å²) in [6.07, 6.45) is -5.62. The molecule has 2 N–H and O–H groups in total. The second kappa shape index (κ2) is 8.12. The Morgan fingerprint density at radius 3 is 2.48 bits per heavy atom. The first kappa shape index (κ1) is 21.0. The van der Waals surface area contributed by atoms with Crippen LogP contribution < -0.4 is 4.74 Å². The van der Waals surface area contributed by atoms with Crippen molar-refractivity contribution < 1.29 is 36.9 Å². The summed E-state index contributed by atoms with van der Waals surface area (Å²) in [5.41, 5.74) is -1.60. The van der Waals surface area contributed by atoms with E-state index in [9.17, 15) is 27.1 Å². The molecule has 0 spiro atoms. The number of aliphatic hydroxyl groups excluding tert-OH is 2. The average molecular weight is 405 g/mol. The molecule has 0 saturated carbocycles. The van der Waals surface area contributed by atoms with Crippen LogP contribution in [0.5, 0.6) is 11.5 Å². The maximum Gasteiger partial charge on any atom is 0.327 e. The van der Waals surface area contributed by atoms with Crippen LogP contribution in [-0.2, 0) is 0 Å². The molecule has 0 amide bonds. The van der Waals surface area contributed by atoms with Crippen LogP contribution in [0.25, 0.3) is 0 Å². The number of thioether (sulfide) groups is 1. The lowest BCUT2D eigenvalue weighted by Crippen LogP contribution is -2.17. The minimum absolute atomic E-state index is 0.0187. The zero-order chi connectivity index (χ0) is 20.4. The molecule has 0 unspecified atom stereocenters. The first-order valence-electron chi connectivity index (χ1n) is 7.26. The van der Waals surface area contributed by atoms with Gasteiger partial charge in [0.2, 0.25) is 0 Å².